The highest BCUT2D eigenvalue weighted by Gasteiger charge is 2.58. The number of para-hydroxylation sites is 1. The summed E-state index contributed by atoms with van der Waals surface area (Å²) >= 11 is 0. The lowest BCUT2D eigenvalue weighted by molar-refractivity contribution is -0.154. The minimum absolute atomic E-state index is 0.0117. The Morgan fingerprint density at radius 3 is 2.26 bits per heavy atom. The Morgan fingerprint density at radius 2 is 1.74 bits per heavy atom. The molecule has 0 bridgehead atoms. The smallest absolute Gasteiger partial charge is 0.337 e. The molecule has 3 N–H and O–H groups in total. The van der Waals surface area contributed by atoms with Gasteiger partial charge in [0.15, 0.2) is 0 Å². The molecule has 1 aromatic carbocycles. The van der Waals surface area contributed by atoms with Gasteiger partial charge in [-0.25, -0.2) is 4.79 Å². The lowest BCUT2D eigenvalue weighted by Gasteiger charge is -2.37. The van der Waals surface area contributed by atoms with Crippen LogP contribution in [-0.4, -0.2) is 28.1 Å². The quantitative estimate of drug-likeness (QED) is 0.791. The van der Waals surface area contributed by atoms with E-state index in [1.54, 1.807) is 32.9 Å². The van der Waals surface area contributed by atoms with Crippen molar-refractivity contribution in [3.05, 3.63) is 29.8 Å². The molecule has 1 aromatic rings. The summed E-state index contributed by atoms with van der Waals surface area (Å²) in [5, 5.41) is 21.3. The van der Waals surface area contributed by atoms with Crippen molar-refractivity contribution in [2.24, 2.45) is 16.7 Å². The first kappa shape index (κ1) is 17.0. The van der Waals surface area contributed by atoms with Crippen molar-refractivity contribution >= 4 is 23.5 Å². The standard InChI is InChI=1S/C17H21NO5/c1-16(2)11(8-9-17(16,3)15(22)23)13(19)18-12-7-5-4-6-10(12)14(20)21/h4-7,11H,8-9H2,1-3H3,(H,18,19)(H,20,21)(H,22,23)/t11?,17-/m1/s1. The molecule has 1 aliphatic rings. The Morgan fingerprint density at radius 1 is 1.13 bits per heavy atom. The number of carbonyl (C=O) groups excluding carboxylic acids is 1. The third-order valence-corrected chi connectivity index (χ3v) is 5.43. The lowest BCUT2D eigenvalue weighted by Crippen LogP contribution is -2.43. The molecule has 6 heteroatoms. The van der Waals surface area contributed by atoms with Crippen molar-refractivity contribution in [1.29, 1.82) is 0 Å². The largest absolute Gasteiger partial charge is 0.481 e. The van der Waals surface area contributed by atoms with Crippen LogP contribution in [0.25, 0.3) is 0 Å². The van der Waals surface area contributed by atoms with Gasteiger partial charge in [0.25, 0.3) is 0 Å². The summed E-state index contributed by atoms with van der Waals surface area (Å²) in [4.78, 5) is 35.4. The van der Waals surface area contributed by atoms with Gasteiger partial charge in [0.05, 0.1) is 16.7 Å². The van der Waals surface area contributed by atoms with Gasteiger partial charge in [0.2, 0.25) is 5.91 Å². The van der Waals surface area contributed by atoms with E-state index in [9.17, 15) is 24.6 Å². The number of aliphatic carboxylic acids is 1. The van der Waals surface area contributed by atoms with Crippen molar-refractivity contribution in [3.8, 4) is 0 Å². The molecular formula is C17H21NO5. The van der Waals surface area contributed by atoms with Crippen LogP contribution >= 0.6 is 0 Å². The number of carboxylic acid groups (broad SMARTS) is 2. The zero-order valence-corrected chi connectivity index (χ0v) is 13.4. The number of anilines is 1. The minimum atomic E-state index is -1.12. The number of nitrogens with one attached hydrogen (secondary N) is 1. The molecule has 1 amide bonds. The van der Waals surface area contributed by atoms with Gasteiger partial charge in [0.1, 0.15) is 0 Å². The fourth-order valence-corrected chi connectivity index (χ4v) is 3.34. The third-order valence-electron chi connectivity index (χ3n) is 5.43. The second-order valence-corrected chi connectivity index (χ2v) is 6.79. The molecule has 6 nitrogen and oxygen atoms in total. The predicted molar refractivity (Wildman–Crippen MR) is 84.3 cm³/mol. The predicted octanol–water partition coefficient (Wildman–Crippen LogP) is 2.85. The van der Waals surface area contributed by atoms with E-state index in [1.807, 2.05) is 0 Å². The van der Waals surface area contributed by atoms with Gasteiger partial charge in [-0.3, -0.25) is 9.59 Å². The molecule has 1 unspecified atom stereocenters. The second kappa shape index (κ2) is 5.68. The van der Waals surface area contributed by atoms with E-state index in [0.717, 1.165) is 0 Å². The van der Waals surface area contributed by atoms with Gasteiger partial charge in [0, 0.05) is 5.92 Å². The summed E-state index contributed by atoms with van der Waals surface area (Å²) in [6.45, 7) is 5.22. The Hall–Kier alpha value is -2.37. The molecule has 0 radical (unpaired) electrons. The monoisotopic (exact) mass is 319 g/mol. The van der Waals surface area contributed by atoms with E-state index in [4.69, 9.17) is 0 Å². The summed E-state index contributed by atoms with van der Waals surface area (Å²) in [7, 11) is 0. The number of carbonyl (C=O) groups is 3. The molecule has 0 spiro atoms. The molecule has 0 aromatic heterocycles. The van der Waals surface area contributed by atoms with Gasteiger partial charge in [-0.05, 0) is 37.3 Å². The molecule has 0 aliphatic heterocycles. The van der Waals surface area contributed by atoms with Crippen molar-refractivity contribution in [1.82, 2.24) is 0 Å². The third kappa shape index (κ3) is 2.69. The highest BCUT2D eigenvalue weighted by Crippen LogP contribution is 2.56. The van der Waals surface area contributed by atoms with Crippen molar-refractivity contribution in [2.45, 2.75) is 33.6 Å². The van der Waals surface area contributed by atoms with Crippen LogP contribution in [0.15, 0.2) is 24.3 Å². The van der Waals surface area contributed by atoms with Crippen LogP contribution in [0, 0.1) is 16.7 Å². The average molecular weight is 319 g/mol. The summed E-state index contributed by atoms with van der Waals surface area (Å²) in [5.41, 5.74) is -1.48. The summed E-state index contributed by atoms with van der Waals surface area (Å²) in [5.74, 6) is -2.87. The fraction of sp³-hybridized carbons (Fsp3) is 0.471. The Labute approximate surface area is 134 Å². The van der Waals surface area contributed by atoms with Gasteiger partial charge in [-0.1, -0.05) is 26.0 Å². The highest BCUT2D eigenvalue weighted by atomic mass is 16.4. The average Bonchev–Trinajstić information content (AvgIpc) is 2.71. The summed E-state index contributed by atoms with van der Waals surface area (Å²) in [6.07, 6.45) is 0.866. The van der Waals surface area contributed by atoms with Gasteiger partial charge in [-0.2, -0.15) is 0 Å². The molecule has 124 valence electrons. The second-order valence-electron chi connectivity index (χ2n) is 6.79. The van der Waals surface area contributed by atoms with E-state index in [0.29, 0.717) is 12.8 Å². The zero-order valence-electron chi connectivity index (χ0n) is 13.4. The number of hydrogen-bond acceptors (Lipinski definition) is 3. The molecule has 1 aliphatic carbocycles. The molecule has 23 heavy (non-hydrogen) atoms. The zero-order chi connectivity index (χ0) is 17.4. The minimum Gasteiger partial charge on any atom is -0.481 e. The van der Waals surface area contributed by atoms with Crippen LogP contribution in [0.1, 0.15) is 44.0 Å². The summed E-state index contributed by atoms with van der Waals surface area (Å²) in [6, 6.07) is 6.17. The maximum atomic E-state index is 12.6. The number of hydrogen-bond donors (Lipinski definition) is 3. The first-order valence-electron chi connectivity index (χ1n) is 7.48. The van der Waals surface area contributed by atoms with Gasteiger partial charge in [-0.15, -0.1) is 0 Å². The SMILES string of the molecule is CC1(C)C(C(=O)Nc2ccccc2C(=O)O)CC[C@]1(C)C(=O)O. The summed E-state index contributed by atoms with van der Waals surface area (Å²) < 4.78 is 0. The molecule has 2 atom stereocenters. The van der Waals surface area contributed by atoms with Crippen LogP contribution in [0.5, 0.6) is 0 Å². The molecule has 0 saturated heterocycles. The van der Waals surface area contributed by atoms with E-state index < -0.39 is 28.7 Å². The molecule has 2 rings (SSSR count). The van der Waals surface area contributed by atoms with Gasteiger partial charge >= 0.3 is 11.9 Å². The highest BCUT2D eigenvalue weighted by molar-refractivity contribution is 6.01. The van der Waals surface area contributed by atoms with Crippen molar-refractivity contribution < 1.29 is 24.6 Å². The maximum absolute atomic E-state index is 12.6. The van der Waals surface area contributed by atoms with Crippen LogP contribution in [-0.2, 0) is 9.59 Å². The topological polar surface area (TPSA) is 104 Å². The fourth-order valence-electron chi connectivity index (χ4n) is 3.34. The number of carboxylic acids is 2. The van der Waals surface area contributed by atoms with Crippen LogP contribution < -0.4 is 5.32 Å². The van der Waals surface area contributed by atoms with Crippen LogP contribution in [0.4, 0.5) is 5.69 Å². The number of aromatic carboxylic acids is 1. The van der Waals surface area contributed by atoms with Crippen LogP contribution in [0.2, 0.25) is 0 Å². The normalized spacial score (nSPS) is 25.8. The Bertz CT molecular complexity index is 667. The van der Waals surface area contributed by atoms with Crippen molar-refractivity contribution in [3.63, 3.8) is 0 Å². The Kier molecular flexibility index (Phi) is 4.20. The molecule has 0 heterocycles. The first-order chi connectivity index (χ1) is 10.6. The number of benzene rings is 1. The van der Waals surface area contributed by atoms with E-state index in [2.05, 4.69) is 5.32 Å². The number of rotatable bonds is 4. The number of amides is 1. The Balaban J connectivity index is 2.26. The van der Waals surface area contributed by atoms with Crippen molar-refractivity contribution in [2.75, 3.05) is 5.32 Å². The van der Waals surface area contributed by atoms with E-state index in [-0.39, 0.29) is 17.2 Å². The van der Waals surface area contributed by atoms with Crippen LogP contribution in [0.3, 0.4) is 0 Å². The molecule has 1 saturated carbocycles. The van der Waals surface area contributed by atoms with E-state index >= 15 is 0 Å². The van der Waals surface area contributed by atoms with E-state index in [1.165, 1.54) is 12.1 Å². The molecular weight excluding hydrogens is 298 g/mol. The molecule has 1 fully saturated rings. The lowest BCUT2D eigenvalue weighted by atomic mass is 9.65. The first-order valence-corrected chi connectivity index (χ1v) is 7.48. The van der Waals surface area contributed by atoms with Gasteiger partial charge < -0.3 is 15.5 Å². The maximum Gasteiger partial charge on any atom is 0.337 e.